The number of aromatic nitrogens is 2. The van der Waals surface area contributed by atoms with E-state index < -0.39 is 23.5 Å². The molecule has 0 unspecified atom stereocenters. The molecule has 0 spiro atoms. The van der Waals surface area contributed by atoms with E-state index in [4.69, 9.17) is 8.83 Å². The van der Waals surface area contributed by atoms with E-state index in [1.807, 2.05) is 0 Å². The highest BCUT2D eigenvalue weighted by molar-refractivity contribution is 5.82. The Balaban J connectivity index is 1.72. The molecule has 10 heteroatoms. The van der Waals surface area contributed by atoms with Gasteiger partial charge in [0.25, 0.3) is 0 Å². The second kappa shape index (κ2) is 7.05. The van der Waals surface area contributed by atoms with E-state index in [2.05, 4.69) is 9.97 Å². The van der Waals surface area contributed by atoms with Gasteiger partial charge in [0.15, 0.2) is 24.3 Å². The molecule has 0 amide bonds. The van der Waals surface area contributed by atoms with Crippen LogP contribution in [0.3, 0.4) is 0 Å². The van der Waals surface area contributed by atoms with Gasteiger partial charge in [0, 0.05) is 11.1 Å². The Morgan fingerprint density at radius 3 is 1.17 bits per heavy atom. The van der Waals surface area contributed by atoms with E-state index >= 15 is 0 Å². The molecule has 4 nitrogen and oxygen atoms in total. The third-order valence-electron chi connectivity index (χ3n) is 4.31. The molecule has 0 saturated carbocycles. The van der Waals surface area contributed by atoms with Gasteiger partial charge in [-0.15, -0.1) is 0 Å². The highest BCUT2D eigenvalue weighted by Crippen LogP contribution is 2.39. The molecule has 0 fully saturated rings. The van der Waals surface area contributed by atoms with Gasteiger partial charge in [0.1, 0.15) is 11.4 Å². The molecule has 4 rings (SSSR count). The van der Waals surface area contributed by atoms with E-state index in [0.29, 0.717) is 11.1 Å². The van der Waals surface area contributed by atoms with Crippen LogP contribution in [0, 0.1) is 0 Å². The van der Waals surface area contributed by atoms with Crippen LogP contribution in [-0.4, -0.2) is 9.97 Å². The molecule has 0 aliphatic heterocycles. The van der Waals surface area contributed by atoms with Crippen LogP contribution in [0.1, 0.15) is 11.1 Å². The SMILES string of the molecule is FC(F)(F)c1ccc(-c2ncoc2-c2ocnc2-c2ccc(C(F)(F)F)cc2)cc1. The van der Waals surface area contributed by atoms with Crippen molar-refractivity contribution >= 4 is 0 Å². The lowest BCUT2D eigenvalue weighted by Gasteiger charge is -2.08. The Hall–Kier alpha value is -3.56. The molecule has 0 bridgehead atoms. The van der Waals surface area contributed by atoms with E-state index in [1.165, 1.54) is 24.3 Å². The summed E-state index contributed by atoms with van der Waals surface area (Å²) in [5.74, 6) is 0.171. The lowest BCUT2D eigenvalue weighted by atomic mass is 10.0. The second-order valence-electron chi connectivity index (χ2n) is 6.21. The Bertz CT molecular complexity index is 1060. The molecule has 0 saturated heterocycles. The number of hydrogen-bond acceptors (Lipinski definition) is 4. The first-order valence-electron chi connectivity index (χ1n) is 8.37. The fourth-order valence-corrected chi connectivity index (χ4v) is 2.86. The van der Waals surface area contributed by atoms with Crippen LogP contribution in [0.15, 0.2) is 70.2 Å². The molecule has 0 aliphatic rings. The van der Waals surface area contributed by atoms with Gasteiger partial charge >= 0.3 is 12.4 Å². The van der Waals surface area contributed by atoms with Crippen LogP contribution in [0.4, 0.5) is 26.3 Å². The molecule has 30 heavy (non-hydrogen) atoms. The van der Waals surface area contributed by atoms with Crippen molar-refractivity contribution in [1.29, 1.82) is 0 Å². The predicted molar refractivity (Wildman–Crippen MR) is 92.9 cm³/mol. The Morgan fingerprint density at radius 2 is 0.867 bits per heavy atom. The summed E-state index contributed by atoms with van der Waals surface area (Å²) in [5.41, 5.74) is -0.562. The Labute approximate surface area is 164 Å². The molecular formula is C20H10F6N2O2. The fraction of sp³-hybridized carbons (Fsp3) is 0.100. The first-order valence-corrected chi connectivity index (χ1v) is 8.37. The molecule has 0 radical (unpaired) electrons. The average Bonchev–Trinajstić information content (AvgIpc) is 3.36. The minimum Gasteiger partial charge on any atom is -0.439 e. The van der Waals surface area contributed by atoms with Crippen molar-refractivity contribution in [3.63, 3.8) is 0 Å². The highest BCUT2D eigenvalue weighted by atomic mass is 19.4. The van der Waals surface area contributed by atoms with Gasteiger partial charge in [0.05, 0.1) is 11.1 Å². The smallest absolute Gasteiger partial charge is 0.416 e. The number of nitrogens with zero attached hydrogens (tertiary/aromatic N) is 2. The third kappa shape index (κ3) is 3.68. The van der Waals surface area contributed by atoms with E-state index in [-0.39, 0.29) is 22.9 Å². The lowest BCUT2D eigenvalue weighted by Crippen LogP contribution is -2.04. The van der Waals surface area contributed by atoms with Crippen molar-refractivity contribution < 1.29 is 35.2 Å². The van der Waals surface area contributed by atoms with Crippen LogP contribution < -0.4 is 0 Å². The largest absolute Gasteiger partial charge is 0.439 e. The zero-order valence-corrected chi connectivity index (χ0v) is 14.8. The standard InChI is InChI=1S/C20H10F6N2O2/c21-19(22,23)13-5-1-11(2-6-13)15-17(29-9-27-15)18-16(28-10-30-18)12-3-7-14(8-4-12)20(24,25)26/h1-10H. The number of hydrogen-bond donors (Lipinski definition) is 0. The van der Waals surface area contributed by atoms with Crippen LogP contribution in [-0.2, 0) is 12.4 Å². The maximum absolute atomic E-state index is 12.8. The first kappa shape index (κ1) is 19.7. The summed E-state index contributed by atoms with van der Waals surface area (Å²) < 4.78 is 87.4. The third-order valence-corrected chi connectivity index (χ3v) is 4.31. The zero-order chi connectivity index (χ0) is 21.5. The average molecular weight is 424 g/mol. The highest BCUT2D eigenvalue weighted by Gasteiger charge is 2.31. The van der Waals surface area contributed by atoms with Gasteiger partial charge in [-0.25, -0.2) is 9.97 Å². The minimum absolute atomic E-state index is 0.0853. The van der Waals surface area contributed by atoms with Gasteiger partial charge in [-0.1, -0.05) is 24.3 Å². The molecule has 0 N–H and O–H groups in total. The summed E-state index contributed by atoms with van der Waals surface area (Å²) in [6.07, 6.45) is -6.79. The fourth-order valence-electron chi connectivity index (χ4n) is 2.86. The number of alkyl halides is 6. The predicted octanol–water partition coefficient (Wildman–Crippen LogP) is 6.70. The summed E-state index contributed by atoms with van der Waals surface area (Å²) in [5, 5.41) is 0. The second-order valence-corrected chi connectivity index (χ2v) is 6.21. The van der Waals surface area contributed by atoms with E-state index in [0.717, 1.165) is 37.1 Å². The van der Waals surface area contributed by atoms with Crippen molar-refractivity contribution in [2.24, 2.45) is 0 Å². The number of rotatable bonds is 3. The lowest BCUT2D eigenvalue weighted by molar-refractivity contribution is -0.138. The number of benzene rings is 2. The zero-order valence-electron chi connectivity index (χ0n) is 14.8. The summed E-state index contributed by atoms with van der Waals surface area (Å²) in [4.78, 5) is 8.06. The first-order chi connectivity index (χ1) is 14.1. The van der Waals surface area contributed by atoms with Gasteiger partial charge < -0.3 is 8.83 Å². The summed E-state index contributed by atoms with van der Waals surface area (Å²) in [7, 11) is 0. The van der Waals surface area contributed by atoms with Crippen LogP contribution in [0.2, 0.25) is 0 Å². The maximum Gasteiger partial charge on any atom is 0.416 e. The molecular weight excluding hydrogens is 414 g/mol. The van der Waals surface area contributed by atoms with Gasteiger partial charge in [-0.3, -0.25) is 0 Å². The van der Waals surface area contributed by atoms with Crippen LogP contribution >= 0.6 is 0 Å². The van der Waals surface area contributed by atoms with Crippen molar-refractivity contribution in [2.75, 3.05) is 0 Å². The number of halogens is 6. The summed E-state index contributed by atoms with van der Waals surface area (Å²) in [6.45, 7) is 0. The van der Waals surface area contributed by atoms with E-state index in [9.17, 15) is 26.3 Å². The Kier molecular flexibility index (Phi) is 4.64. The maximum atomic E-state index is 12.8. The van der Waals surface area contributed by atoms with Gasteiger partial charge in [0.2, 0.25) is 0 Å². The molecule has 2 aromatic carbocycles. The van der Waals surface area contributed by atoms with Crippen LogP contribution in [0.25, 0.3) is 34.0 Å². The van der Waals surface area contributed by atoms with E-state index in [1.54, 1.807) is 0 Å². The summed E-state index contributed by atoms with van der Waals surface area (Å²) in [6, 6.07) is 8.57. The molecule has 0 atom stereocenters. The monoisotopic (exact) mass is 424 g/mol. The quantitative estimate of drug-likeness (QED) is 0.344. The molecule has 2 heterocycles. The molecule has 154 valence electrons. The minimum atomic E-state index is -4.48. The number of oxazole rings is 2. The normalized spacial score (nSPS) is 12.3. The molecule has 4 aromatic rings. The van der Waals surface area contributed by atoms with Crippen LogP contribution in [0.5, 0.6) is 0 Å². The Morgan fingerprint density at radius 1 is 0.533 bits per heavy atom. The molecule has 2 aromatic heterocycles. The van der Waals surface area contributed by atoms with Crippen molar-refractivity contribution in [1.82, 2.24) is 9.97 Å². The summed E-state index contributed by atoms with van der Waals surface area (Å²) >= 11 is 0. The molecule has 0 aliphatic carbocycles. The van der Waals surface area contributed by atoms with Gasteiger partial charge in [-0.05, 0) is 24.3 Å². The topological polar surface area (TPSA) is 52.1 Å². The van der Waals surface area contributed by atoms with Gasteiger partial charge in [-0.2, -0.15) is 26.3 Å². The van der Waals surface area contributed by atoms with Crippen molar-refractivity contribution in [3.8, 4) is 34.0 Å². The van der Waals surface area contributed by atoms with Crippen molar-refractivity contribution in [3.05, 3.63) is 72.4 Å². The van der Waals surface area contributed by atoms with Crippen molar-refractivity contribution in [2.45, 2.75) is 12.4 Å².